The second-order valence-electron chi connectivity index (χ2n) is 6.72. The lowest BCUT2D eigenvalue weighted by molar-refractivity contribution is -0.136. The standard InChI is InChI=1S/C20H23ClN2O3S2/c1-2-11-22(15-18-4-3-14-27-18)20(24)16-9-12-23(13-10-16)28(25,26)19-7-5-17(21)6-8-19/h2-8,14,16H,1,9-13,15H2. The predicted molar refractivity (Wildman–Crippen MR) is 113 cm³/mol. The zero-order valence-electron chi connectivity index (χ0n) is 15.5. The SMILES string of the molecule is C=CCN(Cc1cccs1)C(=O)C1CCN(S(=O)(=O)c2ccc(Cl)cc2)CC1. The number of carbonyl (C=O) groups excluding carboxylic acids is 1. The summed E-state index contributed by atoms with van der Waals surface area (Å²) in [7, 11) is -3.56. The van der Waals surface area contributed by atoms with Crippen molar-refractivity contribution in [2.45, 2.75) is 24.3 Å². The molecule has 0 atom stereocenters. The first kappa shape index (κ1) is 21.0. The van der Waals surface area contributed by atoms with Crippen molar-refractivity contribution in [1.82, 2.24) is 9.21 Å². The molecule has 3 rings (SSSR count). The summed E-state index contributed by atoms with van der Waals surface area (Å²) in [4.78, 5) is 16.1. The molecule has 2 heterocycles. The third-order valence-electron chi connectivity index (χ3n) is 4.84. The number of hydrogen-bond acceptors (Lipinski definition) is 4. The summed E-state index contributed by atoms with van der Waals surface area (Å²) in [6.07, 6.45) is 2.76. The monoisotopic (exact) mass is 438 g/mol. The minimum Gasteiger partial charge on any atom is -0.334 e. The molecule has 5 nitrogen and oxygen atoms in total. The van der Waals surface area contributed by atoms with Crippen molar-refractivity contribution in [3.8, 4) is 0 Å². The van der Waals surface area contributed by atoms with Crippen molar-refractivity contribution >= 4 is 38.9 Å². The molecule has 1 aromatic heterocycles. The second kappa shape index (κ2) is 9.22. The molecule has 1 fully saturated rings. The maximum absolute atomic E-state index is 13.0. The minimum atomic E-state index is -3.56. The van der Waals surface area contributed by atoms with Gasteiger partial charge >= 0.3 is 0 Å². The van der Waals surface area contributed by atoms with Gasteiger partial charge in [-0.05, 0) is 48.6 Å². The Balaban J connectivity index is 1.64. The molecule has 0 N–H and O–H groups in total. The quantitative estimate of drug-likeness (QED) is 0.613. The lowest BCUT2D eigenvalue weighted by Crippen LogP contribution is -2.44. The highest BCUT2D eigenvalue weighted by atomic mass is 35.5. The van der Waals surface area contributed by atoms with Crippen molar-refractivity contribution in [3.63, 3.8) is 0 Å². The Kier molecular flexibility index (Phi) is 6.93. The molecule has 0 saturated carbocycles. The molecule has 2 aromatic rings. The molecule has 0 bridgehead atoms. The summed E-state index contributed by atoms with van der Waals surface area (Å²) in [6, 6.07) is 10.2. The fraction of sp³-hybridized carbons (Fsp3) is 0.350. The molecule has 0 unspecified atom stereocenters. The normalized spacial score (nSPS) is 16.0. The largest absolute Gasteiger partial charge is 0.334 e. The molecule has 150 valence electrons. The first-order valence-electron chi connectivity index (χ1n) is 9.09. The molecule has 8 heteroatoms. The van der Waals surface area contributed by atoms with Crippen LogP contribution in [0, 0.1) is 5.92 Å². The maximum Gasteiger partial charge on any atom is 0.243 e. The average molecular weight is 439 g/mol. The van der Waals surface area contributed by atoms with Crippen LogP contribution in [0.4, 0.5) is 0 Å². The van der Waals surface area contributed by atoms with Gasteiger partial charge in [0.15, 0.2) is 0 Å². The van der Waals surface area contributed by atoms with Gasteiger partial charge in [-0.3, -0.25) is 4.79 Å². The lowest BCUT2D eigenvalue weighted by atomic mass is 9.96. The fourth-order valence-electron chi connectivity index (χ4n) is 3.34. The summed E-state index contributed by atoms with van der Waals surface area (Å²) < 4.78 is 27.1. The van der Waals surface area contributed by atoms with Crippen molar-refractivity contribution < 1.29 is 13.2 Å². The molecule has 1 amide bonds. The number of rotatable bonds is 7. The van der Waals surface area contributed by atoms with Crippen LogP contribution in [0.15, 0.2) is 59.3 Å². The fourth-order valence-corrected chi connectivity index (χ4v) is 5.65. The van der Waals surface area contributed by atoms with Gasteiger partial charge in [-0.25, -0.2) is 8.42 Å². The zero-order valence-corrected chi connectivity index (χ0v) is 17.8. The van der Waals surface area contributed by atoms with E-state index in [9.17, 15) is 13.2 Å². The molecular formula is C20H23ClN2O3S2. The summed E-state index contributed by atoms with van der Waals surface area (Å²) in [6.45, 7) is 5.47. The number of hydrogen-bond donors (Lipinski definition) is 0. The number of thiophene rings is 1. The molecule has 1 aliphatic rings. The molecule has 0 aliphatic carbocycles. The molecule has 1 aliphatic heterocycles. The van der Waals surface area contributed by atoms with E-state index < -0.39 is 10.0 Å². The Labute approximate surface area is 175 Å². The van der Waals surface area contributed by atoms with Gasteiger partial charge in [0.25, 0.3) is 0 Å². The van der Waals surface area contributed by atoms with E-state index in [0.717, 1.165) is 4.88 Å². The molecule has 0 spiro atoms. The number of amides is 1. The molecule has 0 radical (unpaired) electrons. The smallest absolute Gasteiger partial charge is 0.243 e. The van der Waals surface area contributed by atoms with E-state index in [0.29, 0.717) is 44.0 Å². The number of benzene rings is 1. The van der Waals surface area contributed by atoms with E-state index >= 15 is 0 Å². The van der Waals surface area contributed by atoms with E-state index in [1.165, 1.54) is 16.4 Å². The van der Waals surface area contributed by atoms with E-state index in [-0.39, 0.29) is 16.7 Å². The topological polar surface area (TPSA) is 57.7 Å². The van der Waals surface area contributed by atoms with Gasteiger partial charge < -0.3 is 4.90 Å². The summed E-state index contributed by atoms with van der Waals surface area (Å²) in [5.74, 6) is -0.103. The van der Waals surface area contributed by atoms with Crippen LogP contribution in [-0.2, 0) is 21.4 Å². The Hall–Kier alpha value is -1.67. The number of carbonyl (C=O) groups is 1. The number of piperidine rings is 1. The Morgan fingerprint density at radius 2 is 1.93 bits per heavy atom. The van der Waals surface area contributed by atoms with Gasteiger partial charge in [0.2, 0.25) is 15.9 Å². The zero-order chi connectivity index (χ0) is 20.1. The average Bonchev–Trinajstić information content (AvgIpc) is 3.21. The third kappa shape index (κ3) is 4.84. The second-order valence-corrected chi connectivity index (χ2v) is 10.1. The Morgan fingerprint density at radius 1 is 1.25 bits per heavy atom. The van der Waals surface area contributed by atoms with Gasteiger partial charge in [0.05, 0.1) is 11.4 Å². The summed E-state index contributed by atoms with van der Waals surface area (Å²) in [5.41, 5.74) is 0. The van der Waals surface area contributed by atoms with Gasteiger partial charge in [0, 0.05) is 35.5 Å². The number of halogens is 1. The maximum atomic E-state index is 13.0. The van der Waals surface area contributed by atoms with Crippen LogP contribution >= 0.6 is 22.9 Å². The lowest BCUT2D eigenvalue weighted by Gasteiger charge is -2.33. The van der Waals surface area contributed by atoms with Gasteiger partial charge in [-0.1, -0.05) is 23.7 Å². The highest BCUT2D eigenvalue weighted by molar-refractivity contribution is 7.89. The van der Waals surface area contributed by atoms with Crippen LogP contribution in [0.2, 0.25) is 5.02 Å². The Morgan fingerprint density at radius 3 is 2.50 bits per heavy atom. The van der Waals surface area contributed by atoms with Gasteiger partial charge in [0.1, 0.15) is 0 Å². The first-order chi connectivity index (χ1) is 13.4. The number of nitrogens with zero attached hydrogens (tertiary/aromatic N) is 2. The highest BCUT2D eigenvalue weighted by Gasteiger charge is 2.33. The molecule has 28 heavy (non-hydrogen) atoms. The Bertz CT molecular complexity index is 903. The van der Waals surface area contributed by atoms with E-state index in [1.807, 2.05) is 17.5 Å². The van der Waals surface area contributed by atoms with Gasteiger partial charge in [-0.2, -0.15) is 4.31 Å². The van der Waals surface area contributed by atoms with E-state index in [1.54, 1.807) is 34.4 Å². The van der Waals surface area contributed by atoms with Crippen molar-refractivity contribution in [2.75, 3.05) is 19.6 Å². The minimum absolute atomic E-state index is 0.0665. The van der Waals surface area contributed by atoms with Crippen molar-refractivity contribution in [2.24, 2.45) is 5.92 Å². The summed E-state index contributed by atoms with van der Waals surface area (Å²) >= 11 is 7.47. The third-order valence-corrected chi connectivity index (χ3v) is 7.87. The van der Waals surface area contributed by atoms with Gasteiger partial charge in [-0.15, -0.1) is 17.9 Å². The van der Waals surface area contributed by atoms with E-state index in [4.69, 9.17) is 11.6 Å². The van der Waals surface area contributed by atoms with Crippen LogP contribution < -0.4 is 0 Å². The predicted octanol–water partition coefficient (Wildman–Crippen LogP) is 4.02. The van der Waals surface area contributed by atoms with Crippen LogP contribution in [0.25, 0.3) is 0 Å². The number of sulfonamides is 1. The summed E-state index contributed by atoms with van der Waals surface area (Å²) in [5, 5.41) is 2.49. The molecule has 1 aromatic carbocycles. The van der Waals surface area contributed by atoms with Crippen LogP contribution in [0.5, 0.6) is 0 Å². The molecule has 1 saturated heterocycles. The van der Waals surface area contributed by atoms with Crippen molar-refractivity contribution in [1.29, 1.82) is 0 Å². The molecular weight excluding hydrogens is 416 g/mol. The van der Waals surface area contributed by atoms with Crippen LogP contribution in [-0.4, -0.2) is 43.2 Å². The highest BCUT2D eigenvalue weighted by Crippen LogP contribution is 2.26. The van der Waals surface area contributed by atoms with E-state index in [2.05, 4.69) is 6.58 Å². The first-order valence-corrected chi connectivity index (χ1v) is 11.8. The van der Waals surface area contributed by atoms with Crippen LogP contribution in [0.3, 0.4) is 0 Å². The van der Waals surface area contributed by atoms with Crippen molar-refractivity contribution in [3.05, 3.63) is 64.3 Å². The van der Waals surface area contributed by atoms with Crippen LogP contribution in [0.1, 0.15) is 17.7 Å².